The van der Waals surface area contributed by atoms with Gasteiger partial charge < -0.3 is 4.55 Å². The Morgan fingerprint density at radius 3 is 1.09 bits per heavy atom. The fourth-order valence-electron chi connectivity index (χ4n) is 12.5. The molecule has 19 unspecified atom stereocenters. The van der Waals surface area contributed by atoms with Crippen molar-refractivity contribution in [2.45, 2.75) is 150 Å². The SMILES string of the molecule is O=S(=O)(O)C1CCC2C3NC4NC(NC5NC(NC6NC(NC(N3)C2C1[S+]([O-])Cl)C1CCCCC61)C1CCCCC51)C1CCCCC41. The summed E-state index contributed by atoms with van der Waals surface area (Å²) in [5.41, 5.74) is 0. The van der Waals surface area contributed by atoms with Crippen molar-refractivity contribution < 1.29 is 17.5 Å². The number of fused-ring (bicyclic) bond motifs is 20. The molecule has 266 valence electrons. The monoisotopic (exact) mass is 714 g/mol. The van der Waals surface area contributed by atoms with E-state index in [0.29, 0.717) is 41.9 Å². The predicted molar refractivity (Wildman–Crippen MR) is 181 cm³/mol. The zero-order chi connectivity index (χ0) is 32.0. The van der Waals surface area contributed by atoms with Crippen LogP contribution in [0.5, 0.6) is 0 Å². The fraction of sp³-hybridized carbons (Fsp3) is 1.00. The van der Waals surface area contributed by atoms with Gasteiger partial charge in [0.25, 0.3) is 10.1 Å². The molecular formula is C32H55ClN8O4S2. The maximum absolute atomic E-state index is 13.2. The van der Waals surface area contributed by atoms with E-state index in [4.69, 9.17) is 10.7 Å². The molecule has 8 bridgehead atoms. The first-order valence-electron chi connectivity index (χ1n) is 18.9. The van der Waals surface area contributed by atoms with E-state index in [1.54, 1.807) is 0 Å². The number of nitrogens with one attached hydrogen (secondary N) is 8. The van der Waals surface area contributed by atoms with Gasteiger partial charge >= 0.3 is 0 Å². The quantitative estimate of drug-likeness (QED) is 0.149. The van der Waals surface area contributed by atoms with Gasteiger partial charge in [0.05, 0.1) is 59.7 Å². The van der Waals surface area contributed by atoms with Crippen LogP contribution in [0.25, 0.3) is 0 Å². The maximum atomic E-state index is 13.2. The van der Waals surface area contributed by atoms with Gasteiger partial charge in [0.2, 0.25) is 0 Å². The molecule has 0 aromatic rings. The van der Waals surface area contributed by atoms with Crippen molar-refractivity contribution in [3.63, 3.8) is 0 Å². The molecule has 9 aliphatic rings. The average molecular weight is 715 g/mol. The third-order valence-electron chi connectivity index (χ3n) is 14.5. The van der Waals surface area contributed by atoms with Crippen LogP contribution in [0.15, 0.2) is 0 Å². The Morgan fingerprint density at radius 2 is 0.787 bits per heavy atom. The minimum absolute atomic E-state index is 0.0166. The van der Waals surface area contributed by atoms with E-state index < -0.39 is 31.0 Å². The number of hydrogen-bond acceptors (Lipinski definition) is 11. The van der Waals surface area contributed by atoms with E-state index in [0.717, 1.165) is 6.42 Å². The molecule has 9 N–H and O–H groups in total. The Labute approximate surface area is 287 Å². The first kappa shape index (κ1) is 33.1. The lowest BCUT2D eigenvalue weighted by molar-refractivity contribution is 0.168. The standard InChI is InChI=1S/C32H55ClN8O4S2/c33-46(42)24-22(47(43,44)45)14-13-21-23(24)32-40-30-20-12-6-5-11-19(20)28(38-30)36-26-16-8-2-1-7-15(16)25(34-26)35-27-17-9-3-4-10-18(17)29(37-27)39-31(21)41-32/h15-32,34-41H,1-14H2,(H,43,44,45). The van der Waals surface area contributed by atoms with E-state index in [2.05, 4.69) is 42.5 Å². The van der Waals surface area contributed by atoms with Gasteiger partial charge in [-0.05, 0) is 92.8 Å². The summed E-state index contributed by atoms with van der Waals surface area (Å²) in [5.74, 6) is 2.88. The fourth-order valence-corrected chi connectivity index (χ4v) is 16.1. The molecule has 4 saturated carbocycles. The summed E-state index contributed by atoms with van der Waals surface area (Å²) >= 11 is 0. The van der Waals surface area contributed by atoms with Crippen LogP contribution in [0, 0.1) is 47.3 Å². The first-order chi connectivity index (χ1) is 22.7. The van der Waals surface area contributed by atoms with Crippen LogP contribution in [0.4, 0.5) is 0 Å². The molecule has 9 rings (SSSR count). The molecule has 0 radical (unpaired) electrons. The number of hydrogen-bond donors (Lipinski definition) is 9. The third kappa shape index (κ3) is 5.85. The van der Waals surface area contributed by atoms with Crippen LogP contribution in [-0.2, 0) is 20.5 Å². The highest BCUT2D eigenvalue weighted by Crippen LogP contribution is 2.48. The largest absolute Gasteiger partial charge is 0.599 e. The molecule has 5 heterocycles. The van der Waals surface area contributed by atoms with Crippen molar-refractivity contribution in [2.75, 3.05) is 0 Å². The highest BCUT2D eigenvalue weighted by molar-refractivity contribution is 8.14. The van der Waals surface area contributed by atoms with Crippen molar-refractivity contribution in [3.05, 3.63) is 0 Å². The lowest BCUT2D eigenvalue weighted by Gasteiger charge is -2.40. The molecule has 5 saturated heterocycles. The third-order valence-corrected chi connectivity index (χ3v) is 17.7. The predicted octanol–water partition coefficient (Wildman–Crippen LogP) is 1.35. The van der Waals surface area contributed by atoms with Crippen molar-refractivity contribution in [2.24, 2.45) is 47.3 Å². The topological polar surface area (TPSA) is 174 Å². The van der Waals surface area contributed by atoms with E-state index in [-0.39, 0.29) is 67.6 Å². The van der Waals surface area contributed by atoms with Crippen molar-refractivity contribution >= 4 is 31.2 Å². The lowest BCUT2D eigenvalue weighted by Crippen LogP contribution is -2.62. The van der Waals surface area contributed by atoms with Gasteiger partial charge in [0, 0.05) is 5.92 Å². The minimum atomic E-state index is -4.43. The van der Waals surface area contributed by atoms with Crippen LogP contribution in [0.2, 0.25) is 0 Å². The zero-order valence-electron chi connectivity index (χ0n) is 27.2. The van der Waals surface area contributed by atoms with Crippen LogP contribution >= 0.6 is 10.7 Å². The molecule has 4 aliphatic carbocycles. The summed E-state index contributed by atoms with van der Waals surface area (Å²) in [7, 11) is 0.0171. The molecule has 0 aromatic carbocycles. The number of halogens is 1. The van der Waals surface area contributed by atoms with Crippen molar-refractivity contribution in [1.29, 1.82) is 0 Å². The molecule has 19 atom stereocenters. The second-order valence-electron chi connectivity index (χ2n) is 16.6. The van der Waals surface area contributed by atoms with Crippen molar-refractivity contribution in [1.82, 2.24) is 42.5 Å². The maximum Gasteiger partial charge on any atom is 0.272 e. The van der Waals surface area contributed by atoms with Gasteiger partial charge in [-0.3, -0.25) is 47.1 Å². The zero-order valence-corrected chi connectivity index (χ0v) is 29.5. The van der Waals surface area contributed by atoms with Gasteiger partial charge in [-0.1, -0.05) is 38.5 Å². The van der Waals surface area contributed by atoms with E-state index in [1.165, 1.54) is 70.6 Å². The summed E-state index contributed by atoms with van der Waals surface area (Å²) in [6, 6.07) is 0. The highest BCUT2D eigenvalue weighted by Gasteiger charge is 2.61. The van der Waals surface area contributed by atoms with E-state index >= 15 is 0 Å². The molecule has 0 spiro atoms. The van der Waals surface area contributed by atoms with Crippen LogP contribution in [-0.4, -0.2) is 77.3 Å². The molecule has 9 fully saturated rings. The molecule has 5 aliphatic heterocycles. The minimum Gasteiger partial charge on any atom is -0.599 e. The average Bonchev–Trinajstić information content (AvgIpc) is 3.79. The van der Waals surface area contributed by atoms with Gasteiger partial charge in [-0.25, -0.2) is 0 Å². The van der Waals surface area contributed by atoms with Gasteiger partial charge in [0.15, 0.2) is 15.9 Å². The Bertz CT molecular complexity index is 1270. The summed E-state index contributed by atoms with van der Waals surface area (Å²) in [6.07, 6.45) is 16.3. The molecule has 0 amide bonds. The number of rotatable bonds is 2. The molecule has 47 heavy (non-hydrogen) atoms. The van der Waals surface area contributed by atoms with Gasteiger partial charge in [-0.2, -0.15) is 8.42 Å². The summed E-state index contributed by atoms with van der Waals surface area (Å²) in [6.45, 7) is 0. The van der Waals surface area contributed by atoms with Crippen LogP contribution in [0.1, 0.15) is 89.9 Å². The summed E-state index contributed by atoms with van der Waals surface area (Å²) in [5, 5.41) is 30.2. The smallest absolute Gasteiger partial charge is 0.272 e. The lowest BCUT2D eigenvalue weighted by atomic mass is 9.76. The molecule has 0 aromatic heterocycles. The Kier molecular flexibility index (Phi) is 9.14. The molecule has 12 nitrogen and oxygen atoms in total. The first-order valence-corrected chi connectivity index (χ1v) is 22.4. The Balaban J connectivity index is 1.08. The van der Waals surface area contributed by atoms with Crippen LogP contribution < -0.4 is 42.5 Å². The Hall–Kier alpha value is 0.190. The van der Waals surface area contributed by atoms with E-state index in [9.17, 15) is 17.5 Å². The second kappa shape index (κ2) is 13.0. The van der Waals surface area contributed by atoms with Crippen molar-refractivity contribution in [3.8, 4) is 0 Å². The Morgan fingerprint density at radius 1 is 0.489 bits per heavy atom. The summed E-state index contributed by atoms with van der Waals surface area (Å²) < 4.78 is 48.9. The van der Waals surface area contributed by atoms with E-state index in [1.807, 2.05) is 0 Å². The second-order valence-corrected chi connectivity index (χ2v) is 20.2. The van der Waals surface area contributed by atoms with Gasteiger partial charge in [-0.15, -0.1) is 0 Å². The van der Waals surface area contributed by atoms with Gasteiger partial charge in [0.1, 0.15) is 5.25 Å². The summed E-state index contributed by atoms with van der Waals surface area (Å²) in [4.78, 5) is 0. The van der Waals surface area contributed by atoms with Crippen LogP contribution in [0.3, 0.4) is 0 Å². The molecule has 15 heteroatoms. The molecular weight excluding hydrogens is 660 g/mol. The normalized spacial score (nSPS) is 55.0. The highest BCUT2D eigenvalue weighted by atomic mass is 35.7.